The van der Waals surface area contributed by atoms with Crippen molar-refractivity contribution < 1.29 is 0 Å². The summed E-state index contributed by atoms with van der Waals surface area (Å²) in [6, 6.07) is 8.75. The fourth-order valence-corrected chi connectivity index (χ4v) is 2.44. The number of hydrogen-bond acceptors (Lipinski definition) is 1. The summed E-state index contributed by atoms with van der Waals surface area (Å²) < 4.78 is 0. The van der Waals surface area contributed by atoms with E-state index in [9.17, 15) is 0 Å². The molecular formula is C15H24ClN. The maximum Gasteiger partial charge on any atom is 0.0438 e. The number of halogens is 1. The van der Waals surface area contributed by atoms with Crippen molar-refractivity contribution >= 4 is 11.6 Å². The molecule has 0 radical (unpaired) electrons. The summed E-state index contributed by atoms with van der Waals surface area (Å²) in [5, 5.41) is 4.51. The van der Waals surface area contributed by atoms with Crippen molar-refractivity contribution in [1.82, 2.24) is 5.32 Å². The van der Waals surface area contributed by atoms with E-state index in [1.54, 1.807) is 0 Å². The second kappa shape index (κ2) is 7.73. The van der Waals surface area contributed by atoms with Gasteiger partial charge in [0.2, 0.25) is 0 Å². The second-order valence-corrected chi connectivity index (χ2v) is 5.15. The van der Waals surface area contributed by atoms with Crippen LogP contribution in [0.15, 0.2) is 24.3 Å². The largest absolute Gasteiger partial charge is 0.314 e. The first-order valence-corrected chi connectivity index (χ1v) is 7.03. The van der Waals surface area contributed by atoms with Gasteiger partial charge in [-0.05, 0) is 43.4 Å². The average molecular weight is 254 g/mol. The molecule has 2 heteroatoms. The number of hydrogen-bond donors (Lipinski definition) is 1. The van der Waals surface area contributed by atoms with Gasteiger partial charge in [0.05, 0.1) is 0 Å². The summed E-state index contributed by atoms with van der Waals surface area (Å²) in [6.07, 6.45) is 3.41. The minimum atomic E-state index is 0.589. The standard InChI is InChI=1S/C15H24ClN/c1-4-10-17-15(5-2)12(3)11-13-8-6-7-9-14(13)16/h6-9,12,15,17H,4-5,10-11H2,1-3H3. The molecule has 1 aromatic carbocycles. The van der Waals surface area contributed by atoms with Crippen molar-refractivity contribution in [2.75, 3.05) is 6.54 Å². The molecule has 0 aliphatic rings. The van der Waals surface area contributed by atoms with E-state index in [0.29, 0.717) is 12.0 Å². The first kappa shape index (κ1) is 14.5. The maximum atomic E-state index is 6.20. The van der Waals surface area contributed by atoms with E-state index in [0.717, 1.165) is 18.0 Å². The van der Waals surface area contributed by atoms with Crippen LogP contribution < -0.4 is 5.32 Å². The van der Waals surface area contributed by atoms with Crippen molar-refractivity contribution in [3.63, 3.8) is 0 Å². The van der Waals surface area contributed by atoms with Gasteiger partial charge in [-0.3, -0.25) is 0 Å². The Labute approximate surface area is 111 Å². The molecule has 0 saturated heterocycles. The third-order valence-electron chi connectivity index (χ3n) is 3.28. The van der Waals surface area contributed by atoms with Gasteiger partial charge < -0.3 is 5.32 Å². The molecule has 0 bridgehead atoms. The van der Waals surface area contributed by atoms with E-state index in [2.05, 4.69) is 38.2 Å². The molecule has 0 fully saturated rings. The number of benzene rings is 1. The summed E-state index contributed by atoms with van der Waals surface area (Å²) >= 11 is 6.20. The van der Waals surface area contributed by atoms with E-state index in [4.69, 9.17) is 11.6 Å². The fourth-order valence-electron chi connectivity index (χ4n) is 2.23. The predicted octanol–water partition coefficient (Wildman–Crippen LogP) is 4.30. The van der Waals surface area contributed by atoms with E-state index >= 15 is 0 Å². The monoisotopic (exact) mass is 253 g/mol. The highest BCUT2D eigenvalue weighted by Gasteiger charge is 2.15. The molecular weight excluding hydrogens is 230 g/mol. The Hall–Kier alpha value is -0.530. The van der Waals surface area contributed by atoms with Crippen LogP contribution in [-0.2, 0) is 6.42 Å². The lowest BCUT2D eigenvalue weighted by Gasteiger charge is -2.24. The molecule has 0 spiro atoms. The summed E-state index contributed by atoms with van der Waals surface area (Å²) in [5.41, 5.74) is 1.26. The SMILES string of the molecule is CCCNC(CC)C(C)Cc1ccccc1Cl. The van der Waals surface area contributed by atoms with Crippen LogP contribution in [-0.4, -0.2) is 12.6 Å². The highest BCUT2D eigenvalue weighted by Crippen LogP contribution is 2.21. The molecule has 96 valence electrons. The molecule has 0 aliphatic carbocycles. The third kappa shape index (κ3) is 4.69. The highest BCUT2D eigenvalue weighted by molar-refractivity contribution is 6.31. The Morgan fingerprint density at radius 1 is 1.24 bits per heavy atom. The van der Waals surface area contributed by atoms with Gasteiger partial charge in [0, 0.05) is 11.1 Å². The van der Waals surface area contributed by atoms with Gasteiger partial charge in [-0.2, -0.15) is 0 Å². The molecule has 0 heterocycles. The molecule has 2 atom stereocenters. The first-order chi connectivity index (χ1) is 8.19. The summed E-state index contributed by atoms with van der Waals surface area (Å²) in [7, 11) is 0. The molecule has 0 aromatic heterocycles. The van der Waals surface area contributed by atoms with Crippen LogP contribution in [0.3, 0.4) is 0 Å². The van der Waals surface area contributed by atoms with Crippen molar-refractivity contribution in [3.05, 3.63) is 34.9 Å². The smallest absolute Gasteiger partial charge is 0.0438 e. The van der Waals surface area contributed by atoms with Crippen LogP contribution >= 0.6 is 11.6 Å². The zero-order valence-corrected chi connectivity index (χ0v) is 11.9. The fraction of sp³-hybridized carbons (Fsp3) is 0.600. The van der Waals surface area contributed by atoms with Gasteiger partial charge in [0.15, 0.2) is 0 Å². The molecule has 0 amide bonds. The third-order valence-corrected chi connectivity index (χ3v) is 3.65. The van der Waals surface area contributed by atoms with Crippen molar-refractivity contribution in [3.8, 4) is 0 Å². The zero-order chi connectivity index (χ0) is 12.7. The summed E-state index contributed by atoms with van der Waals surface area (Å²) in [5.74, 6) is 0.617. The van der Waals surface area contributed by atoms with E-state index < -0.39 is 0 Å². The van der Waals surface area contributed by atoms with Crippen LogP contribution in [0.5, 0.6) is 0 Å². The van der Waals surface area contributed by atoms with Crippen LogP contribution in [0, 0.1) is 5.92 Å². The lowest BCUT2D eigenvalue weighted by Crippen LogP contribution is -2.35. The van der Waals surface area contributed by atoms with E-state index in [-0.39, 0.29) is 0 Å². The zero-order valence-electron chi connectivity index (χ0n) is 11.2. The summed E-state index contributed by atoms with van der Waals surface area (Å²) in [6.45, 7) is 7.86. The average Bonchev–Trinajstić information content (AvgIpc) is 2.33. The Kier molecular flexibility index (Phi) is 6.61. The van der Waals surface area contributed by atoms with Crippen LogP contribution in [0.1, 0.15) is 39.2 Å². The van der Waals surface area contributed by atoms with Gasteiger partial charge in [-0.15, -0.1) is 0 Å². The van der Waals surface area contributed by atoms with Crippen LogP contribution in [0.25, 0.3) is 0 Å². The van der Waals surface area contributed by atoms with Gasteiger partial charge in [0.1, 0.15) is 0 Å². The topological polar surface area (TPSA) is 12.0 Å². The van der Waals surface area contributed by atoms with Crippen molar-refractivity contribution in [2.45, 2.75) is 46.1 Å². The minimum absolute atomic E-state index is 0.589. The number of rotatable bonds is 7. The second-order valence-electron chi connectivity index (χ2n) is 4.74. The lowest BCUT2D eigenvalue weighted by molar-refractivity contribution is 0.365. The summed E-state index contributed by atoms with van der Waals surface area (Å²) in [4.78, 5) is 0. The normalized spacial score (nSPS) is 14.6. The van der Waals surface area contributed by atoms with Gasteiger partial charge in [0.25, 0.3) is 0 Å². The first-order valence-electron chi connectivity index (χ1n) is 6.65. The van der Waals surface area contributed by atoms with Gasteiger partial charge in [-0.25, -0.2) is 0 Å². The molecule has 0 saturated carbocycles. The van der Waals surface area contributed by atoms with E-state index in [1.165, 1.54) is 18.4 Å². The van der Waals surface area contributed by atoms with Gasteiger partial charge in [-0.1, -0.05) is 50.6 Å². The van der Waals surface area contributed by atoms with Crippen LogP contribution in [0.4, 0.5) is 0 Å². The highest BCUT2D eigenvalue weighted by atomic mass is 35.5. The Morgan fingerprint density at radius 2 is 1.94 bits per heavy atom. The minimum Gasteiger partial charge on any atom is -0.314 e. The molecule has 1 N–H and O–H groups in total. The maximum absolute atomic E-state index is 6.20. The Morgan fingerprint density at radius 3 is 2.53 bits per heavy atom. The Bertz CT molecular complexity index is 324. The van der Waals surface area contributed by atoms with Crippen molar-refractivity contribution in [1.29, 1.82) is 0 Å². The number of nitrogens with one attached hydrogen (secondary N) is 1. The molecule has 1 nitrogen and oxygen atoms in total. The molecule has 0 aliphatic heterocycles. The lowest BCUT2D eigenvalue weighted by atomic mass is 9.92. The van der Waals surface area contributed by atoms with E-state index in [1.807, 2.05) is 12.1 Å². The van der Waals surface area contributed by atoms with Gasteiger partial charge >= 0.3 is 0 Å². The van der Waals surface area contributed by atoms with Crippen LogP contribution in [0.2, 0.25) is 5.02 Å². The molecule has 1 rings (SSSR count). The molecule has 17 heavy (non-hydrogen) atoms. The molecule has 1 aromatic rings. The quantitative estimate of drug-likeness (QED) is 0.764. The predicted molar refractivity (Wildman–Crippen MR) is 76.7 cm³/mol. The molecule has 2 unspecified atom stereocenters. The van der Waals surface area contributed by atoms with Crippen molar-refractivity contribution in [2.24, 2.45) is 5.92 Å². The Balaban J connectivity index is 2.57.